The molecule has 0 aliphatic heterocycles. The quantitative estimate of drug-likeness (QED) is 0.549. The Hall–Kier alpha value is -3.09. The van der Waals surface area contributed by atoms with Crippen molar-refractivity contribution in [3.05, 3.63) is 59.9 Å². The number of esters is 1. The lowest BCUT2D eigenvalue weighted by Gasteiger charge is -2.09. The first-order valence-electron chi connectivity index (χ1n) is 8.13. The summed E-state index contributed by atoms with van der Waals surface area (Å²) < 4.78 is 28.4. The van der Waals surface area contributed by atoms with Gasteiger partial charge in [-0.3, -0.25) is 4.79 Å². The molecule has 0 radical (unpaired) electrons. The van der Waals surface area contributed by atoms with Crippen LogP contribution in [0.2, 0.25) is 0 Å². The van der Waals surface area contributed by atoms with E-state index >= 15 is 0 Å². The Balaban J connectivity index is 1.62. The Morgan fingerprint density at radius 2 is 1.58 bits per heavy atom. The molecule has 0 aromatic heterocycles. The summed E-state index contributed by atoms with van der Waals surface area (Å²) in [6.45, 7) is 2.62. The smallest absolute Gasteiger partial charge is 0.338 e. The molecule has 1 N–H and O–H groups in total. The van der Waals surface area contributed by atoms with E-state index in [0.717, 1.165) is 17.9 Å². The van der Waals surface area contributed by atoms with Gasteiger partial charge in [0, 0.05) is 0 Å². The second kappa shape index (κ2) is 10.0. The predicted octanol–water partition coefficient (Wildman–Crippen LogP) is 2.58. The highest BCUT2D eigenvalue weighted by atomic mass is 19.1. The van der Waals surface area contributed by atoms with Crippen molar-refractivity contribution < 1.29 is 28.2 Å². The van der Waals surface area contributed by atoms with E-state index in [0.29, 0.717) is 12.4 Å². The van der Waals surface area contributed by atoms with Gasteiger partial charge in [0.15, 0.2) is 6.61 Å². The van der Waals surface area contributed by atoms with E-state index in [1.807, 2.05) is 6.92 Å². The number of benzene rings is 2. The molecular weight excluding hydrogens is 341 g/mol. The van der Waals surface area contributed by atoms with E-state index in [1.54, 1.807) is 24.3 Å². The highest BCUT2D eigenvalue weighted by Gasteiger charge is 2.10. The molecule has 138 valence electrons. The van der Waals surface area contributed by atoms with E-state index in [2.05, 4.69) is 5.32 Å². The molecule has 2 aromatic carbocycles. The number of hydrogen-bond acceptors (Lipinski definition) is 5. The molecule has 0 aliphatic rings. The lowest BCUT2D eigenvalue weighted by Crippen LogP contribution is -2.32. The number of nitrogens with one attached hydrogen (secondary N) is 1. The first kappa shape index (κ1) is 19.2. The minimum absolute atomic E-state index is 0.179. The van der Waals surface area contributed by atoms with Crippen LogP contribution in [0.25, 0.3) is 0 Å². The van der Waals surface area contributed by atoms with Gasteiger partial charge in [0.25, 0.3) is 5.91 Å². The minimum atomic E-state index is -0.689. The Morgan fingerprint density at radius 3 is 2.19 bits per heavy atom. The van der Waals surface area contributed by atoms with Gasteiger partial charge in [-0.15, -0.1) is 0 Å². The average Bonchev–Trinajstić information content (AvgIpc) is 2.65. The van der Waals surface area contributed by atoms with Crippen LogP contribution < -0.4 is 14.8 Å². The van der Waals surface area contributed by atoms with Gasteiger partial charge in [0.05, 0.1) is 18.7 Å². The number of rotatable bonds is 9. The van der Waals surface area contributed by atoms with E-state index in [1.165, 1.54) is 12.1 Å². The monoisotopic (exact) mass is 361 g/mol. The van der Waals surface area contributed by atoms with Crippen molar-refractivity contribution >= 4 is 11.9 Å². The second-order valence-corrected chi connectivity index (χ2v) is 5.19. The van der Waals surface area contributed by atoms with Crippen LogP contribution in [0, 0.1) is 5.82 Å². The number of halogens is 1. The molecule has 0 aliphatic carbocycles. The van der Waals surface area contributed by atoms with Crippen molar-refractivity contribution in [2.45, 2.75) is 6.92 Å². The van der Waals surface area contributed by atoms with Gasteiger partial charge in [-0.25, -0.2) is 9.18 Å². The van der Waals surface area contributed by atoms with Gasteiger partial charge in [-0.2, -0.15) is 0 Å². The molecule has 0 atom stereocenters. The summed E-state index contributed by atoms with van der Waals surface area (Å²) in [7, 11) is 0. The fraction of sp³-hybridized carbons (Fsp3) is 0.263. The SMILES string of the molecule is CCOc1ccc(OCCNC(=O)COC(=O)c2ccc(F)cc2)cc1. The van der Waals surface area contributed by atoms with E-state index in [4.69, 9.17) is 14.2 Å². The minimum Gasteiger partial charge on any atom is -0.494 e. The molecule has 2 rings (SSSR count). The molecule has 0 spiro atoms. The first-order valence-corrected chi connectivity index (χ1v) is 8.13. The average molecular weight is 361 g/mol. The first-order chi connectivity index (χ1) is 12.6. The highest BCUT2D eigenvalue weighted by molar-refractivity contribution is 5.91. The van der Waals surface area contributed by atoms with Crippen LogP contribution in [-0.2, 0) is 9.53 Å². The largest absolute Gasteiger partial charge is 0.494 e. The molecule has 0 bridgehead atoms. The highest BCUT2D eigenvalue weighted by Crippen LogP contribution is 2.17. The number of carbonyl (C=O) groups is 2. The maximum absolute atomic E-state index is 12.8. The lowest BCUT2D eigenvalue weighted by atomic mass is 10.2. The third kappa shape index (κ3) is 6.43. The normalized spacial score (nSPS) is 10.1. The van der Waals surface area contributed by atoms with Gasteiger partial charge in [0.1, 0.15) is 23.9 Å². The fourth-order valence-electron chi connectivity index (χ4n) is 2.01. The van der Waals surface area contributed by atoms with Crippen molar-refractivity contribution in [1.82, 2.24) is 5.32 Å². The maximum Gasteiger partial charge on any atom is 0.338 e. The Morgan fingerprint density at radius 1 is 0.962 bits per heavy atom. The Labute approximate surface area is 150 Å². The molecule has 7 heteroatoms. The zero-order valence-electron chi connectivity index (χ0n) is 14.4. The topological polar surface area (TPSA) is 73.9 Å². The maximum atomic E-state index is 12.8. The van der Waals surface area contributed by atoms with E-state index in [-0.39, 0.29) is 18.7 Å². The molecule has 2 aromatic rings. The molecule has 0 saturated heterocycles. The Bertz CT molecular complexity index is 716. The van der Waals surface area contributed by atoms with Gasteiger partial charge in [0.2, 0.25) is 0 Å². The summed E-state index contributed by atoms with van der Waals surface area (Å²) in [6.07, 6.45) is 0. The number of amides is 1. The van der Waals surface area contributed by atoms with Gasteiger partial charge >= 0.3 is 5.97 Å². The number of hydrogen-bond donors (Lipinski definition) is 1. The zero-order valence-corrected chi connectivity index (χ0v) is 14.4. The summed E-state index contributed by atoms with van der Waals surface area (Å²) in [5.74, 6) is -0.171. The molecule has 1 amide bonds. The zero-order chi connectivity index (χ0) is 18.8. The summed E-state index contributed by atoms with van der Waals surface area (Å²) in [6, 6.07) is 12.0. The lowest BCUT2D eigenvalue weighted by molar-refractivity contribution is -0.124. The second-order valence-electron chi connectivity index (χ2n) is 5.19. The van der Waals surface area contributed by atoms with Crippen LogP contribution in [0.5, 0.6) is 11.5 Å². The number of carbonyl (C=O) groups excluding carboxylic acids is 2. The summed E-state index contributed by atoms with van der Waals surface area (Å²) in [5, 5.41) is 2.57. The van der Waals surface area contributed by atoms with Crippen molar-refractivity contribution in [3.8, 4) is 11.5 Å². The molecule has 6 nitrogen and oxygen atoms in total. The third-order valence-electron chi connectivity index (χ3n) is 3.24. The Kier molecular flexibility index (Phi) is 7.42. The molecule has 0 fully saturated rings. The fourth-order valence-corrected chi connectivity index (χ4v) is 2.01. The van der Waals surface area contributed by atoms with Gasteiger partial charge in [-0.05, 0) is 55.5 Å². The van der Waals surface area contributed by atoms with Crippen molar-refractivity contribution in [2.75, 3.05) is 26.4 Å². The molecule has 26 heavy (non-hydrogen) atoms. The standard InChI is InChI=1S/C19H20FNO5/c1-2-24-16-7-9-17(10-8-16)25-12-11-21-18(22)13-26-19(23)14-3-5-15(20)6-4-14/h3-10H,2,11-13H2,1H3,(H,21,22). The molecular formula is C19H20FNO5. The van der Waals surface area contributed by atoms with Crippen LogP contribution in [0.15, 0.2) is 48.5 Å². The van der Waals surface area contributed by atoms with Gasteiger partial charge in [-0.1, -0.05) is 0 Å². The molecule has 0 unspecified atom stereocenters. The van der Waals surface area contributed by atoms with Crippen LogP contribution in [0.1, 0.15) is 17.3 Å². The van der Waals surface area contributed by atoms with Crippen LogP contribution >= 0.6 is 0 Å². The third-order valence-corrected chi connectivity index (χ3v) is 3.24. The summed E-state index contributed by atoms with van der Waals surface area (Å²) >= 11 is 0. The van der Waals surface area contributed by atoms with Crippen molar-refractivity contribution in [3.63, 3.8) is 0 Å². The van der Waals surface area contributed by atoms with Crippen molar-refractivity contribution in [1.29, 1.82) is 0 Å². The molecule has 0 saturated carbocycles. The van der Waals surface area contributed by atoms with Crippen LogP contribution in [0.3, 0.4) is 0 Å². The summed E-state index contributed by atoms with van der Waals surface area (Å²) in [5.41, 5.74) is 0.179. The predicted molar refractivity (Wildman–Crippen MR) is 92.8 cm³/mol. The number of ether oxygens (including phenoxy) is 3. The summed E-state index contributed by atoms with van der Waals surface area (Å²) in [4.78, 5) is 23.3. The van der Waals surface area contributed by atoms with Crippen LogP contribution in [0.4, 0.5) is 4.39 Å². The van der Waals surface area contributed by atoms with E-state index in [9.17, 15) is 14.0 Å². The van der Waals surface area contributed by atoms with Gasteiger partial charge < -0.3 is 19.5 Å². The van der Waals surface area contributed by atoms with Crippen molar-refractivity contribution in [2.24, 2.45) is 0 Å². The van der Waals surface area contributed by atoms with Crippen LogP contribution in [-0.4, -0.2) is 38.2 Å². The molecule has 0 heterocycles. The van der Waals surface area contributed by atoms with E-state index < -0.39 is 24.3 Å².